The molecule has 2 saturated carbocycles. The normalized spacial score (nSPS) is 37.1. The maximum atomic E-state index is 12.6. The largest absolute Gasteiger partial charge is 0.426 e. The summed E-state index contributed by atoms with van der Waals surface area (Å²) in [5.74, 6) is 1.72. The minimum atomic E-state index is -0.343. The molecule has 0 aromatic heterocycles. The Labute approximate surface area is 125 Å². The van der Waals surface area contributed by atoms with Gasteiger partial charge in [0.25, 0.3) is 0 Å². The Hall–Kier alpha value is -1.35. The summed E-state index contributed by atoms with van der Waals surface area (Å²) >= 11 is 0. The van der Waals surface area contributed by atoms with Gasteiger partial charge < -0.3 is 9.47 Å². The number of hydrogen-bond acceptors (Lipinski definition) is 3. The first-order valence-corrected chi connectivity index (χ1v) is 8.12. The smallest absolute Gasteiger partial charge is 0.320 e. The summed E-state index contributed by atoms with van der Waals surface area (Å²) in [6, 6.07) is 7.97. The van der Waals surface area contributed by atoms with Crippen molar-refractivity contribution >= 4 is 5.97 Å². The average Bonchev–Trinajstić information content (AvgIpc) is 3.14. The molecular formula is C18H22O3. The van der Waals surface area contributed by atoms with Gasteiger partial charge in [-0.05, 0) is 55.2 Å². The molecule has 1 heterocycles. The SMILES string of the molecule is CCC(C)c1ccc(OC(=O)C23CCC(C2)C2OC23)cc1. The quantitative estimate of drug-likeness (QED) is 0.481. The number of fused-ring (bicyclic) bond motifs is 5. The van der Waals surface area contributed by atoms with Gasteiger partial charge in [-0.2, -0.15) is 0 Å². The fraction of sp³-hybridized carbons (Fsp3) is 0.611. The van der Waals surface area contributed by atoms with Crippen LogP contribution in [0.2, 0.25) is 0 Å². The predicted molar refractivity (Wildman–Crippen MR) is 79.2 cm³/mol. The van der Waals surface area contributed by atoms with E-state index in [1.54, 1.807) is 0 Å². The number of benzene rings is 1. The zero-order chi connectivity index (χ0) is 14.6. The Morgan fingerprint density at radius 3 is 2.81 bits per heavy atom. The van der Waals surface area contributed by atoms with Crippen molar-refractivity contribution in [1.29, 1.82) is 0 Å². The number of rotatable bonds is 4. The third kappa shape index (κ3) is 1.94. The van der Waals surface area contributed by atoms with Crippen molar-refractivity contribution < 1.29 is 14.3 Å². The van der Waals surface area contributed by atoms with Crippen molar-refractivity contribution in [3.05, 3.63) is 29.8 Å². The van der Waals surface area contributed by atoms with E-state index in [1.807, 2.05) is 12.1 Å². The summed E-state index contributed by atoms with van der Waals surface area (Å²) in [4.78, 5) is 12.6. The lowest BCUT2D eigenvalue weighted by atomic mass is 9.84. The van der Waals surface area contributed by atoms with Gasteiger partial charge in [0.1, 0.15) is 11.9 Å². The highest BCUT2D eigenvalue weighted by atomic mass is 16.6. The number of hydrogen-bond donors (Lipinski definition) is 0. The molecule has 5 atom stereocenters. The van der Waals surface area contributed by atoms with Crippen LogP contribution in [0.3, 0.4) is 0 Å². The zero-order valence-electron chi connectivity index (χ0n) is 12.7. The molecule has 2 bridgehead atoms. The minimum absolute atomic E-state index is 0.0775. The highest BCUT2D eigenvalue weighted by Gasteiger charge is 2.72. The molecule has 5 unspecified atom stereocenters. The fourth-order valence-corrected chi connectivity index (χ4v) is 4.19. The van der Waals surface area contributed by atoms with Gasteiger partial charge in [-0.3, -0.25) is 4.79 Å². The highest BCUT2D eigenvalue weighted by Crippen LogP contribution is 2.64. The van der Waals surface area contributed by atoms with Crippen molar-refractivity contribution in [2.45, 2.75) is 57.7 Å². The maximum Gasteiger partial charge on any atom is 0.320 e. The summed E-state index contributed by atoms with van der Waals surface area (Å²) in [6.07, 6.45) is 4.62. The first kappa shape index (κ1) is 13.3. The van der Waals surface area contributed by atoms with Crippen LogP contribution in [-0.2, 0) is 9.53 Å². The molecule has 3 aliphatic rings. The van der Waals surface area contributed by atoms with Gasteiger partial charge in [0.05, 0.1) is 11.5 Å². The monoisotopic (exact) mass is 286 g/mol. The second-order valence-electron chi connectivity index (χ2n) is 6.95. The van der Waals surface area contributed by atoms with Crippen LogP contribution in [0.4, 0.5) is 0 Å². The first-order valence-electron chi connectivity index (χ1n) is 8.12. The third-order valence-corrected chi connectivity index (χ3v) is 5.80. The topological polar surface area (TPSA) is 38.8 Å². The Kier molecular flexibility index (Phi) is 2.90. The van der Waals surface area contributed by atoms with Gasteiger partial charge in [0, 0.05) is 0 Å². The Morgan fingerprint density at radius 1 is 1.43 bits per heavy atom. The molecule has 0 radical (unpaired) electrons. The number of ether oxygens (including phenoxy) is 2. The summed E-state index contributed by atoms with van der Waals surface area (Å²) in [7, 11) is 0. The number of epoxide rings is 1. The van der Waals surface area contributed by atoms with Gasteiger partial charge in [-0.25, -0.2) is 0 Å². The van der Waals surface area contributed by atoms with Crippen LogP contribution in [0.5, 0.6) is 5.75 Å². The third-order valence-electron chi connectivity index (χ3n) is 5.80. The zero-order valence-corrected chi connectivity index (χ0v) is 12.7. The van der Waals surface area contributed by atoms with E-state index in [-0.39, 0.29) is 17.5 Å². The molecular weight excluding hydrogens is 264 g/mol. The predicted octanol–water partition coefficient (Wildman–Crippen LogP) is 3.67. The van der Waals surface area contributed by atoms with Crippen LogP contribution in [0.15, 0.2) is 24.3 Å². The van der Waals surface area contributed by atoms with E-state index in [0.717, 1.165) is 25.7 Å². The van der Waals surface area contributed by atoms with Crippen LogP contribution < -0.4 is 4.74 Å². The molecule has 112 valence electrons. The summed E-state index contributed by atoms with van der Waals surface area (Å²) in [5, 5.41) is 0. The first-order chi connectivity index (χ1) is 10.1. The number of esters is 1. The second-order valence-corrected chi connectivity index (χ2v) is 6.95. The summed E-state index contributed by atoms with van der Waals surface area (Å²) < 4.78 is 11.3. The molecule has 1 aliphatic heterocycles. The fourth-order valence-electron chi connectivity index (χ4n) is 4.19. The molecule has 21 heavy (non-hydrogen) atoms. The van der Waals surface area contributed by atoms with Crippen molar-refractivity contribution in [2.75, 3.05) is 0 Å². The molecule has 1 aromatic carbocycles. The van der Waals surface area contributed by atoms with Gasteiger partial charge in [0.15, 0.2) is 0 Å². The Bertz CT molecular complexity index is 564. The molecule has 0 spiro atoms. The lowest BCUT2D eigenvalue weighted by molar-refractivity contribution is -0.146. The molecule has 2 aliphatic carbocycles. The Morgan fingerprint density at radius 2 is 2.19 bits per heavy atom. The van der Waals surface area contributed by atoms with E-state index in [1.165, 1.54) is 5.56 Å². The molecule has 0 N–H and O–H groups in total. The second kappa shape index (κ2) is 4.57. The highest BCUT2D eigenvalue weighted by molar-refractivity contribution is 5.82. The Balaban J connectivity index is 1.47. The lowest BCUT2D eigenvalue weighted by Gasteiger charge is -2.23. The van der Waals surface area contributed by atoms with E-state index in [4.69, 9.17) is 9.47 Å². The van der Waals surface area contributed by atoms with Crippen LogP contribution >= 0.6 is 0 Å². The van der Waals surface area contributed by atoms with E-state index < -0.39 is 0 Å². The van der Waals surface area contributed by atoms with E-state index in [9.17, 15) is 4.79 Å². The average molecular weight is 286 g/mol. The van der Waals surface area contributed by atoms with Crippen molar-refractivity contribution in [3.63, 3.8) is 0 Å². The molecule has 3 heteroatoms. The standard InChI is InChI=1S/C18H22O3/c1-3-11(2)12-4-6-14(7-5-12)20-17(19)18-9-8-13(10-18)15-16(18)21-15/h4-7,11,13,15-16H,3,8-10H2,1-2H3. The molecule has 0 amide bonds. The molecule has 1 aromatic rings. The molecule has 4 rings (SSSR count). The van der Waals surface area contributed by atoms with Gasteiger partial charge >= 0.3 is 5.97 Å². The maximum absolute atomic E-state index is 12.6. The van der Waals surface area contributed by atoms with Crippen LogP contribution in [-0.4, -0.2) is 18.2 Å². The van der Waals surface area contributed by atoms with Crippen molar-refractivity contribution in [1.82, 2.24) is 0 Å². The van der Waals surface area contributed by atoms with Gasteiger partial charge in [-0.1, -0.05) is 26.0 Å². The van der Waals surface area contributed by atoms with Crippen molar-refractivity contribution in [2.24, 2.45) is 11.3 Å². The number of carbonyl (C=O) groups is 1. The molecule has 3 fully saturated rings. The van der Waals surface area contributed by atoms with Crippen LogP contribution in [0.25, 0.3) is 0 Å². The summed E-state index contributed by atoms with van der Waals surface area (Å²) in [5.41, 5.74) is 0.952. The molecule has 1 saturated heterocycles. The van der Waals surface area contributed by atoms with Crippen LogP contribution in [0, 0.1) is 11.3 Å². The minimum Gasteiger partial charge on any atom is -0.426 e. The summed E-state index contributed by atoms with van der Waals surface area (Å²) in [6.45, 7) is 4.39. The van der Waals surface area contributed by atoms with Crippen molar-refractivity contribution in [3.8, 4) is 5.75 Å². The van der Waals surface area contributed by atoms with Gasteiger partial charge in [0.2, 0.25) is 0 Å². The van der Waals surface area contributed by atoms with Crippen LogP contribution in [0.1, 0.15) is 51.0 Å². The lowest BCUT2D eigenvalue weighted by Crippen LogP contribution is -2.36. The van der Waals surface area contributed by atoms with E-state index >= 15 is 0 Å². The number of carbonyl (C=O) groups excluding carboxylic acids is 1. The molecule has 3 nitrogen and oxygen atoms in total. The van der Waals surface area contributed by atoms with E-state index in [0.29, 0.717) is 23.7 Å². The van der Waals surface area contributed by atoms with Gasteiger partial charge in [-0.15, -0.1) is 0 Å². The van der Waals surface area contributed by atoms with E-state index in [2.05, 4.69) is 26.0 Å².